The summed E-state index contributed by atoms with van der Waals surface area (Å²) in [5, 5.41) is 2.11. The van der Waals surface area contributed by atoms with E-state index >= 15 is 0 Å². The fourth-order valence-corrected chi connectivity index (χ4v) is 2.89. The van der Waals surface area contributed by atoms with Crippen molar-refractivity contribution >= 4 is 46.6 Å². The number of hydrogen-bond acceptors (Lipinski definition) is 5. The summed E-state index contributed by atoms with van der Waals surface area (Å²) >= 11 is 6.80. The molecule has 5 nitrogen and oxygen atoms in total. The van der Waals surface area contributed by atoms with Gasteiger partial charge in [-0.15, -0.1) is 0 Å². The summed E-state index contributed by atoms with van der Waals surface area (Å²) in [5.74, 6) is -0.621. The van der Waals surface area contributed by atoms with Crippen molar-refractivity contribution in [1.29, 1.82) is 0 Å². The van der Waals surface area contributed by atoms with Crippen molar-refractivity contribution in [2.75, 3.05) is 0 Å². The number of ether oxygens (including phenoxy) is 1. The first kappa shape index (κ1) is 16.3. The van der Waals surface area contributed by atoms with Gasteiger partial charge in [0.1, 0.15) is 5.75 Å². The van der Waals surface area contributed by atoms with Gasteiger partial charge >= 0.3 is 5.97 Å². The standard InChI is InChI=1S/C17H10ClNO4S/c18-13-4-2-1-3-12(13)16(21)23-11-7-5-10(6-8-11)9-14-15(20)19-17(22)24-14/h1-9H,(H,19,20,22). The van der Waals surface area contributed by atoms with E-state index in [1.54, 1.807) is 54.6 Å². The zero-order valence-corrected chi connectivity index (χ0v) is 13.7. The molecule has 24 heavy (non-hydrogen) atoms. The largest absolute Gasteiger partial charge is 0.423 e. The molecule has 0 atom stereocenters. The van der Waals surface area contributed by atoms with Crippen LogP contribution in [0.4, 0.5) is 4.79 Å². The van der Waals surface area contributed by atoms with Crippen LogP contribution in [-0.2, 0) is 4.79 Å². The first-order valence-corrected chi connectivity index (χ1v) is 8.04. The predicted molar refractivity (Wildman–Crippen MR) is 92.0 cm³/mol. The van der Waals surface area contributed by atoms with Crippen LogP contribution in [0.1, 0.15) is 15.9 Å². The number of benzene rings is 2. The van der Waals surface area contributed by atoms with Crippen molar-refractivity contribution < 1.29 is 19.1 Å². The van der Waals surface area contributed by atoms with Gasteiger partial charge in [0.2, 0.25) is 0 Å². The van der Waals surface area contributed by atoms with Crippen LogP contribution >= 0.6 is 23.4 Å². The van der Waals surface area contributed by atoms with Gasteiger partial charge < -0.3 is 4.74 Å². The van der Waals surface area contributed by atoms with Gasteiger partial charge in [-0.05, 0) is 47.7 Å². The fraction of sp³-hybridized carbons (Fsp3) is 0. The van der Waals surface area contributed by atoms with Crippen molar-refractivity contribution in [1.82, 2.24) is 5.32 Å². The molecular weight excluding hydrogens is 350 g/mol. The van der Waals surface area contributed by atoms with E-state index < -0.39 is 17.1 Å². The summed E-state index contributed by atoms with van der Waals surface area (Å²) in [6.45, 7) is 0. The molecule has 1 N–H and O–H groups in total. The van der Waals surface area contributed by atoms with E-state index in [9.17, 15) is 14.4 Å². The monoisotopic (exact) mass is 359 g/mol. The Morgan fingerprint density at radius 3 is 2.42 bits per heavy atom. The lowest BCUT2D eigenvalue weighted by Gasteiger charge is -2.06. The fourth-order valence-electron chi connectivity index (χ4n) is 1.99. The molecule has 1 heterocycles. The molecule has 7 heteroatoms. The number of nitrogens with one attached hydrogen (secondary N) is 1. The Morgan fingerprint density at radius 2 is 1.79 bits per heavy atom. The number of imide groups is 1. The van der Waals surface area contributed by atoms with Crippen LogP contribution in [0.5, 0.6) is 5.75 Å². The zero-order chi connectivity index (χ0) is 17.1. The highest BCUT2D eigenvalue weighted by Crippen LogP contribution is 2.26. The molecule has 3 rings (SSSR count). The Balaban J connectivity index is 1.72. The summed E-state index contributed by atoms with van der Waals surface area (Å²) in [6, 6.07) is 13.2. The second-order valence-electron chi connectivity index (χ2n) is 4.79. The number of thioether (sulfide) groups is 1. The highest BCUT2D eigenvalue weighted by atomic mass is 35.5. The Labute approximate surface area is 146 Å². The number of esters is 1. The third-order valence-corrected chi connectivity index (χ3v) is 4.26. The smallest absolute Gasteiger partial charge is 0.345 e. The molecule has 0 aromatic heterocycles. The Kier molecular flexibility index (Phi) is 4.69. The molecule has 2 aromatic rings. The average molecular weight is 360 g/mol. The Hall–Kier alpha value is -2.57. The molecule has 2 amide bonds. The lowest BCUT2D eigenvalue weighted by atomic mass is 10.2. The molecule has 2 aromatic carbocycles. The number of carbonyl (C=O) groups excluding carboxylic acids is 3. The summed E-state index contributed by atoms with van der Waals surface area (Å²) in [6.07, 6.45) is 1.59. The van der Waals surface area contributed by atoms with Crippen LogP contribution < -0.4 is 10.1 Å². The van der Waals surface area contributed by atoms with Crippen LogP contribution in [-0.4, -0.2) is 17.1 Å². The minimum absolute atomic E-state index is 0.280. The van der Waals surface area contributed by atoms with Gasteiger partial charge in [-0.25, -0.2) is 4.79 Å². The third-order valence-electron chi connectivity index (χ3n) is 3.12. The molecule has 1 fully saturated rings. The molecule has 0 bridgehead atoms. The second kappa shape index (κ2) is 6.90. The van der Waals surface area contributed by atoms with E-state index in [4.69, 9.17) is 16.3 Å². The van der Waals surface area contributed by atoms with Crippen LogP contribution in [0.3, 0.4) is 0 Å². The quantitative estimate of drug-likeness (QED) is 0.511. The maximum absolute atomic E-state index is 12.1. The molecule has 0 unspecified atom stereocenters. The highest BCUT2D eigenvalue weighted by Gasteiger charge is 2.24. The molecule has 0 spiro atoms. The number of carbonyl (C=O) groups is 3. The van der Waals surface area contributed by atoms with Crippen molar-refractivity contribution in [2.45, 2.75) is 0 Å². The van der Waals surface area contributed by atoms with Crippen LogP contribution in [0.15, 0.2) is 53.4 Å². The van der Waals surface area contributed by atoms with Gasteiger partial charge in [-0.3, -0.25) is 14.9 Å². The van der Waals surface area contributed by atoms with Crippen molar-refractivity contribution in [2.24, 2.45) is 0 Å². The van der Waals surface area contributed by atoms with Crippen LogP contribution in [0, 0.1) is 0 Å². The van der Waals surface area contributed by atoms with Gasteiger partial charge in [0.15, 0.2) is 0 Å². The molecule has 1 saturated heterocycles. The number of halogens is 1. The van der Waals surface area contributed by atoms with Gasteiger partial charge in [0.05, 0.1) is 15.5 Å². The maximum Gasteiger partial charge on any atom is 0.345 e. The first-order valence-electron chi connectivity index (χ1n) is 6.84. The lowest BCUT2D eigenvalue weighted by molar-refractivity contribution is -0.115. The SMILES string of the molecule is O=C1NC(=O)C(=Cc2ccc(OC(=O)c3ccccc3Cl)cc2)S1. The second-order valence-corrected chi connectivity index (χ2v) is 6.21. The molecule has 0 radical (unpaired) electrons. The predicted octanol–water partition coefficient (Wildman–Crippen LogP) is 3.88. The highest BCUT2D eigenvalue weighted by molar-refractivity contribution is 8.18. The molecule has 0 saturated carbocycles. The van der Waals surface area contributed by atoms with Crippen molar-refractivity contribution in [3.63, 3.8) is 0 Å². The first-order chi connectivity index (χ1) is 11.5. The number of hydrogen-bond donors (Lipinski definition) is 1. The minimum atomic E-state index is -0.553. The summed E-state index contributed by atoms with van der Waals surface area (Å²) in [5.41, 5.74) is 0.989. The van der Waals surface area contributed by atoms with E-state index in [2.05, 4.69) is 5.32 Å². The van der Waals surface area contributed by atoms with E-state index in [1.165, 1.54) is 0 Å². The normalized spacial score (nSPS) is 15.5. The maximum atomic E-state index is 12.1. The van der Waals surface area contributed by atoms with Crippen LogP contribution in [0.2, 0.25) is 5.02 Å². The topological polar surface area (TPSA) is 72.5 Å². The third kappa shape index (κ3) is 3.67. The van der Waals surface area contributed by atoms with Crippen LogP contribution in [0.25, 0.3) is 6.08 Å². The van der Waals surface area contributed by atoms with E-state index in [0.29, 0.717) is 21.2 Å². The Bertz CT molecular complexity index is 861. The van der Waals surface area contributed by atoms with Crippen molar-refractivity contribution in [3.8, 4) is 5.75 Å². The van der Waals surface area contributed by atoms with Gasteiger partial charge in [-0.2, -0.15) is 0 Å². The number of amides is 2. The van der Waals surface area contributed by atoms with Gasteiger partial charge in [0.25, 0.3) is 11.1 Å². The Morgan fingerprint density at radius 1 is 1.08 bits per heavy atom. The summed E-state index contributed by atoms with van der Waals surface area (Å²) in [4.78, 5) is 35.0. The molecule has 120 valence electrons. The lowest BCUT2D eigenvalue weighted by Crippen LogP contribution is -2.17. The van der Waals surface area contributed by atoms with Crippen molar-refractivity contribution in [3.05, 3.63) is 69.6 Å². The molecule has 0 aliphatic carbocycles. The molecule has 1 aliphatic rings. The number of rotatable bonds is 3. The summed E-state index contributed by atoms with van der Waals surface area (Å²) in [7, 11) is 0. The van der Waals surface area contributed by atoms with E-state index in [1.807, 2.05) is 0 Å². The van der Waals surface area contributed by atoms with Gasteiger partial charge in [-0.1, -0.05) is 35.9 Å². The average Bonchev–Trinajstić information content (AvgIpc) is 2.87. The summed E-state index contributed by atoms with van der Waals surface area (Å²) < 4.78 is 5.26. The molecule has 1 aliphatic heterocycles. The molecular formula is C17H10ClNO4S. The van der Waals surface area contributed by atoms with Gasteiger partial charge in [0, 0.05) is 0 Å². The zero-order valence-electron chi connectivity index (χ0n) is 12.1. The minimum Gasteiger partial charge on any atom is -0.423 e. The van der Waals surface area contributed by atoms with E-state index in [0.717, 1.165) is 11.8 Å². The van der Waals surface area contributed by atoms with E-state index in [-0.39, 0.29) is 5.56 Å².